The average Bonchev–Trinajstić information content (AvgIpc) is 1.65. The SMILES string of the molecule is Nc1nc2c(ncn2[C@@H]2O[C@@H]3COP(=O)(O)O[C@H]4[C@@H](O)[C@H](n5cnc6c(N)ncnc65)O[C@@H]4COP(=O)(O)O[C@@H]2[C@@H]3N)c(=O)[nH]1.[N-]=[N+]=N[C@H]1[C@H]2OP(=O)(O)OC[C@H]3O[C@@H](n4cnc5c(N)ncnc54)[C@H](O)[C@@H]3OP(=O)(O)OC[C@H]1O[C@H]2n1cnc2c(=O)[nH]c(N)nc21. The van der Waals surface area contributed by atoms with Gasteiger partial charge in [-0.3, -0.25) is 74.0 Å². The number of phosphoric ester groups is 4. The van der Waals surface area contributed by atoms with Crippen molar-refractivity contribution in [3.63, 3.8) is 0 Å². The Kier molecular flexibility index (Phi) is 16.4. The molecule has 6 saturated heterocycles. The number of phosphoric acid groups is 4. The van der Waals surface area contributed by atoms with Gasteiger partial charge in [0.2, 0.25) is 11.9 Å². The third-order valence-corrected chi connectivity index (χ3v) is 18.9. The summed E-state index contributed by atoms with van der Waals surface area (Å²) in [6, 6.07) is -2.77. The maximum Gasteiger partial charge on any atom is 0.472 e. The topological polar surface area (TPSA) is 694 Å². The molecule has 8 aromatic rings. The molecule has 4 unspecified atom stereocenters. The molecule has 0 aliphatic carbocycles. The number of nitrogens with one attached hydrogen (secondary N) is 2. The highest BCUT2D eigenvalue weighted by atomic mass is 31.2. The number of azide groups is 1. The first-order valence-electron chi connectivity index (χ1n) is 26.4. The first-order valence-corrected chi connectivity index (χ1v) is 32.4. The van der Waals surface area contributed by atoms with Crippen molar-refractivity contribution in [2.45, 2.75) is 98.0 Å². The van der Waals surface area contributed by atoms with Crippen LogP contribution in [-0.2, 0) is 73.4 Å². The number of nitrogen functional groups attached to an aromatic ring is 4. The van der Waals surface area contributed by atoms with Gasteiger partial charge in [-0.15, -0.1) is 0 Å². The molecule has 6 fully saturated rings. The zero-order valence-corrected chi connectivity index (χ0v) is 49.4. The summed E-state index contributed by atoms with van der Waals surface area (Å²) in [6.07, 6.45) is -14.1. The molecule has 20 atom stereocenters. The Hall–Kier alpha value is -7.53. The summed E-state index contributed by atoms with van der Waals surface area (Å²) in [5, 5.41) is 25.9. The van der Waals surface area contributed by atoms with Crippen LogP contribution in [0.4, 0.5) is 23.5 Å². The van der Waals surface area contributed by atoms with E-state index in [2.05, 4.69) is 69.8 Å². The molecule has 4 bridgehead atoms. The van der Waals surface area contributed by atoms with Gasteiger partial charge in [-0.05, 0) is 5.53 Å². The lowest BCUT2D eigenvalue weighted by atomic mass is 10.1. The monoisotopic (exact) mass is 1370 g/mol. The highest BCUT2D eigenvalue weighted by molar-refractivity contribution is 7.48. The van der Waals surface area contributed by atoms with E-state index in [1.54, 1.807) is 0 Å². The molecule has 0 saturated carbocycles. The molecule has 14 rings (SSSR count). The number of fused-ring (bicyclic) bond motifs is 10. The Labute approximate surface area is 506 Å². The van der Waals surface area contributed by atoms with Gasteiger partial charge in [0.15, 0.2) is 70.2 Å². The highest BCUT2D eigenvalue weighted by Gasteiger charge is 2.56. The van der Waals surface area contributed by atoms with E-state index in [0.29, 0.717) is 0 Å². The van der Waals surface area contributed by atoms with Crippen molar-refractivity contribution in [3.05, 3.63) is 69.1 Å². The molecule has 492 valence electrons. The van der Waals surface area contributed by atoms with Gasteiger partial charge in [0.05, 0.1) is 69.9 Å². The molecule has 0 spiro atoms. The standard InChI is InChI=1S/C20H23N13O12P2.C20H25N11O12P2/c21-14-9-15(25-3-24-14)32(4-26-9)18-11(34)12-7(43-18)2-41-47(38,39)45-13-8(30-31-23)6(1-40-46(36,37)44-12)42-19(13)33-5-27-10-16(33)28-20(22)29-17(10)35;21-8-6-1-38-44(34,35)42-12-7(41-18(11(12)32)30-4-26-9-14(22)24-3-25-15(9)30)2-39-45(36,37)43-13(8)19(40-6)31-5-27-10-16(31)28-20(23)29-17(10)33/h3-8,11-13,18-19,34H,1-2H2,(H,36,37)(H,38,39)(H2,21,24,25)(H3,22,28,29,35);3-8,11-13,18-19,32H,1-2,21H2,(H,34,35)(H,36,37)(H2,22,24,25)(H3,23,28,29,33)/t2*6-,7-,8-,11-,12-,13-,18-,19-/m11/s1. The fraction of sp³-hybridized carbons (Fsp3) is 0.500. The quantitative estimate of drug-likeness (QED) is 0.0346. The fourth-order valence-corrected chi connectivity index (χ4v) is 14.7. The molecule has 0 radical (unpaired) electrons. The van der Waals surface area contributed by atoms with E-state index in [1.807, 2.05) is 0 Å². The lowest BCUT2D eigenvalue weighted by molar-refractivity contribution is -0.0671. The molecule has 14 heterocycles. The van der Waals surface area contributed by atoms with E-state index in [1.165, 1.54) is 26.4 Å². The van der Waals surface area contributed by atoms with Crippen molar-refractivity contribution in [1.82, 2.24) is 78.1 Å². The van der Waals surface area contributed by atoms with E-state index in [4.69, 9.17) is 83.8 Å². The number of nitrogens with zero attached hydrogens (tertiary/aromatic N) is 17. The Bertz CT molecular complexity index is 4570. The molecule has 18 N–H and O–H groups in total. The summed E-state index contributed by atoms with van der Waals surface area (Å²) < 4.78 is 124. The second-order valence-corrected chi connectivity index (χ2v) is 26.2. The fourth-order valence-electron chi connectivity index (χ4n) is 10.8. The van der Waals surface area contributed by atoms with Gasteiger partial charge in [-0.2, -0.15) is 9.97 Å². The molecule has 0 amide bonds. The predicted molar refractivity (Wildman–Crippen MR) is 296 cm³/mol. The lowest BCUT2D eigenvalue weighted by Crippen LogP contribution is -2.42. The minimum absolute atomic E-state index is 0.0268. The number of hydrogen-bond acceptors (Lipinski definition) is 36. The third kappa shape index (κ3) is 11.8. The number of nitrogens with two attached hydrogens (primary N) is 5. The maximum absolute atomic E-state index is 13.4. The van der Waals surface area contributed by atoms with E-state index >= 15 is 0 Å². The van der Waals surface area contributed by atoms with Crippen molar-refractivity contribution >= 4 is 99.5 Å². The number of aliphatic hydroxyl groups excluding tert-OH is 2. The molecule has 8 aromatic heterocycles. The summed E-state index contributed by atoms with van der Waals surface area (Å²) in [7, 11) is -20.3. The van der Waals surface area contributed by atoms with Gasteiger partial charge in [-0.1, -0.05) is 5.11 Å². The smallest absolute Gasteiger partial charge is 0.386 e. The molecule has 6 aliphatic rings. The van der Waals surface area contributed by atoms with Crippen LogP contribution in [0.2, 0.25) is 0 Å². The molecule has 6 aliphatic heterocycles. The Morgan fingerprint density at radius 2 is 0.859 bits per heavy atom. The van der Waals surface area contributed by atoms with Crippen molar-refractivity contribution in [3.8, 4) is 0 Å². The second-order valence-electron chi connectivity index (χ2n) is 20.6. The van der Waals surface area contributed by atoms with Gasteiger partial charge in [0.1, 0.15) is 78.6 Å². The van der Waals surface area contributed by atoms with Crippen LogP contribution in [0.25, 0.3) is 55.1 Å². The van der Waals surface area contributed by atoms with E-state index in [9.17, 15) is 63.2 Å². The number of rotatable bonds is 5. The van der Waals surface area contributed by atoms with Crippen molar-refractivity contribution in [1.29, 1.82) is 0 Å². The van der Waals surface area contributed by atoms with Crippen LogP contribution in [0.5, 0.6) is 0 Å². The van der Waals surface area contributed by atoms with Crippen molar-refractivity contribution in [2.75, 3.05) is 49.4 Å². The van der Waals surface area contributed by atoms with Gasteiger partial charge in [0.25, 0.3) is 11.1 Å². The van der Waals surface area contributed by atoms with Gasteiger partial charge >= 0.3 is 31.3 Å². The first kappa shape index (κ1) is 63.2. The highest BCUT2D eigenvalue weighted by Crippen LogP contribution is 2.56. The summed E-state index contributed by atoms with van der Waals surface area (Å²) in [5.74, 6) is -0.479. The van der Waals surface area contributed by atoms with Gasteiger partial charge in [-0.25, -0.2) is 58.1 Å². The maximum atomic E-state index is 13.4. The normalized spacial score (nSPS) is 37.0. The minimum Gasteiger partial charge on any atom is -0.386 e. The Balaban J connectivity index is 0.000000168. The van der Waals surface area contributed by atoms with Crippen molar-refractivity contribution in [2.24, 2.45) is 10.8 Å². The molecule has 52 heteroatoms. The van der Waals surface area contributed by atoms with Gasteiger partial charge < -0.3 is 77.4 Å². The number of ether oxygens (including phenoxy) is 4. The largest absolute Gasteiger partial charge is 0.472 e. The molecular formula is C40H48N24O24P4. The molecule has 0 aromatic carbocycles. The van der Waals surface area contributed by atoms with Crippen LogP contribution in [0.3, 0.4) is 0 Å². The zero-order chi connectivity index (χ0) is 65.1. The molecular weight excluding hydrogens is 1320 g/mol. The number of aromatic amines is 2. The predicted octanol–water partition coefficient (Wildman–Crippen LogP) is -3.40. The lowest BCUT2D eigenvalue weighted by Gasteiger charge is -2.26. The zero-order valence-electron chi connectivity index (χ0n) is 45.8. The number of H-pyrrole nitrogens is 2. The second kappa shape index (κ2) is 23.8. The average molecular weight is 1370 g/mol. The Morgan fingerprint density at radius 3 is 1.30 bits per heavy atom. The Morgan fingerprint density at radius 1 is 0.500 bits per heavy atom. The number of aliphatic hydroxyl groups is 2. The van der Waals surface area contributed by atoms with Crippen LogP contribution in [-0.4, -0.2) is 207 Å². The van der Waals surface area contributed by atoms with Crippen molar-refractivity contribution < 1.29 is 103 Å². The van der Waals surface area contributed by atoms with Crippen LogP contribution >= 0.6 is 31.3 Å². The van der Waals surface area contributed by atoms with E-state index < -0.39 is 167 Å². The van der Waals surface area contributed by atoms with Crippen LogP contribution < -0.4 is 39.8 Å². The number of imidazole rings is 4. The van der Waals surface area contributed by atoms with E-state index in [0.717, 1.165) is 29.9 Å². The summed E-state index contributed by atoms with van der Waals surface area (Å²) in [4.78, 5) is 115. The first-order chi connectivity index (χ1) is 43.7. The minimum atomic E-state index is -5.16. The molecule has 92 heavy (non-hydrogen) atoms. The van der Waals surface area contributed by atoms with Crippen LogP contribution in [0.15, 0.2) is 52.7 Å². The summed E-state index contributed by atoms with van der Waals surface area (Å²) in [6.45, 7) is -3.16. The van der Waals surface area contributed by atoms with Crippen LogP contribution in [0.1, 0.15) is 24.9 Å². The number of hydrogen-bond donors (Lipinski definition) is 13. The third-order valence-electron chi connectivity index (χ3n) is 14.9. The van der Waals surface area contributed by atoms with E-state index in [-0.39, 0.29) is 68.2 Å². The summed E-state index contributed by atoms with van der Waals surface area (Å²) >= 11 is 0. The van der Waals surface area contributed by atoms with Gasteiger partial charge in [0, 0.05) is 4.91 Å². The van der Waals surface area contributed by atoms with Crippen LogP contribution in [0, 0.1) is 0 Å². The summed E-state index contributed by atoms with van der Waals surface area (Å²) in [5.41, 5.74) is 37.3. The number of aromatic nitrogens is 16. The number of anilines is 4. The molecule has 48 nitrogen and oxygen atoms in total.